The third-order valence-corrected chi connectivity index (χ3v) is 3.86. The van der Waals surface area contributed by atoms with E-state index in [0.717, 1.165) is 11.8 Å². The van der Waals surface area contributed by atoms with Crippen molar-refractivity contribution in [2.75, 3.05) is 11.9 Å². The Morgan fingerprint density at radius 2 is 1.94 bits per heavy atom. The number of anilines is 1. The Kier molecular flexibility index (Phi) is 3.82. The van der Waals surface area contributed by atoms with Crippen LogP contribution in [0, 0.1) is 6.92 Å². The van der Waals surface area contributed by atoms with Crippen LogP contribution < -0.4 is 4.90 Å². The van der Waals surface area contributed by atoms with Crippen LogP contribution in [0.4, 0.5) is 5.69 Å². The molecule has 2 nitrogen and oxygen atoms in total. The number of benzene rings is 1. The summed E-state index contributed by atoms with van der Waals surface area (Å²) in [6.45, 7) is 2.08. The van der Waals surface area contributed by atoms with Crippen molar-refractivity contribution in [2.24, 2.45) is 0 Å². The first-order valence-electron chi connectivity index (χ1n) is 6.51. The highest BCUT2D eigenvalue weighted by molar-refractivity contribution is 5.77. The van der Waals surface area contributed by atoms with Gasteiger partial charge < -0.3 is 4.90 Å². The number of hydrogen-bond donors (Lipinski definition) is 0. The van der Waals surface area contributed by atoms with Gasteiger partial charge in [-0.3, -0.25) is 4.79 Å². The van der Waals surface area contributed by atoms with Gasteiger partial charge in [0.1, 0.15) is 6.29 Å². The number of rotatable bonds is 3. The van der Waals surface area contributed by atoms with Crippen molar-refractivity contribution in [3.63, 3.8) is 0 Å². The van der Waals surface area contributed by atoms with Gasteiger partial charge in [0, 0.05) is 24.3 Å². The number of aryl methyl sites for hydroxylation is 1. The van der Waals surface area contributed by atoms with Crippen LogP contribution in [0.3, 0.4) is 0 Å². The van der Waals surface area contributed by atoms with Gasteiger partial charge in [-0.25, -0.2) is 0 Å². The van der Waals surface area contributed by atoms with Crippen LogP contribution in [-0.2, 0) is 0 Å². The number of carbonyl (C=O) groups excluding carboxylic acids is 1. The first kappa shape index (κ1) is 12.2. The maximum absolute atomic E-state index is 10.7. The molecule has 0 N–H and O–H groups in total. The topological polar surface area (TPSA) is 20.3 Å². The minimum absolute atomic E-state index is 0.671. The summed E-state index contributed by atoms with van der Waals surface area (Å²) in [5.41, 5.74) is 3.23. The van der Waals surface area contributed by atoms with E-state index >= 15 is 0 Å². The van der Waals surface area contributed by atoms with E-state index in [0.29, 0.717) is 6.04 Å². The Hall–Kier alpha value is -1.31. The summed E-state index contributed by atoms with van der Waals surface area (Å²) in [6.07, 6.45) is 7.59. The van der Waals surface area contributed by atoms with Crippen molar-refractivity contribution in [3.8, 4) is 0 Å². The molecule has 0 aliphatic heterocycles. The molecule has 0 bridgehead atoms. The molecule has 1 aromatic rings. The maximum Gasteiger partial charge on any atom is 0.150 e. The highest BCUT2D eigenvalue weighted by Crippen LogP contribution is 2.28. The molecule has 92 valence electrons. The lowest BCUT2D eigenvalue weighted by Crippen LogP contribution is -2.33. The molecule has 0 amide bonds. The van der Waals surface area contributed by atoms with Crippen LogP contribution in [0.25, 0.3) is 0 Å². The zero-order valence-corrected chi connectivity index (χ0v) is 10.8. The number of hydrogen-bond acceptors (Lipinski definition) is 2. The molecule has 1 aromatic carbocycles. The summed E-state index contributed by atoms with van der Waals surface area (Å²) in [5, 5.41) is 0. The van der Waals surface area contributed by atoms with E-state index in [1.165, 1.54) is 43.4 Å². The zero-order valence-electron chi connectivity index (χ0n) is 10.8. The van der Waals surface area contributed by atoms with Crippen molar-refractivity contribution in [1.29, 1.82) is 0 Å². The predicted octanol–water partition coefficient (Wildman–Crippen LogP) is 3.58. The van der Waals surface area contributed by atoms with Crippen molar-refractivity contribution < 1.29 is 4.79 Å². The van der Waals surface area contributed by atoms with Crippen LogP contribution >= 0.6 is 0 Å². The fourth-order valence-corrected chi connectivity index (χ4v) is 2.81. The van der Waals surface area contributed by atoms with Gasteiger partial charge in [-0.1, -0.05) is 19.3 Å². The third kappa shape index (κ3) is 2.68. The molecule has 1 aliphatic carbocycles. The van der Waals surface area contributed by atoms with E-state index in [2.05, 4.69) is 24.9 Å². The fraction of sp³-hybridized carbons (Fsp3) is 0.533. The maximum atomic E-state index is 10.7. The second kappa shape index (κ2) is 5.35. The lowest BCUT2D eigenvalue weighted by molar-refractivity contribution is 0.112. The quantitative estimate of drug-likeness (QED) is 0.741. The Morgan fingerprint density at radius 3 is 2.53 bits per heavy atom. The summed E-state index contributed by atoms with van der Waals surface area (Å²) in [5.74, 6) is 0. The third-order valence-electron chi connectivity index (χ3n) is 3.86. The molecule has 0 saturated heterocycles. The van der Waals surface area contributed by atoms with Crippen molar-refractivity contribution in [2.45, 2.75) is 45.1 Å². The van der Waals surface area contributed by atoms with Gasteiger partial charge in [-0.2, -0.15) is 0 Å². The van der Waals surface area contributed by atoms with Crippen LogP contribution in [0.1, 0.15) is 48.0 Å². The molecule has 17 heavy (non-hydrogen) atoms. The second-order valence-corrected chi connectivity index (χ2v) is 5.07. The average molecular weight is 231 g/mol. The summed E-state index contributed by atoms with van der Waals surface area (Å²) < 4.78 is 0. The molecule has 0 spiro atoms. The molecular formula is C15H21NO. The number of nitrogens with zero attached hydrogens (tertiary/aromatic N) is 1. The standard InChI is InChI=1S/C15H21NO/c1-12-10-13(11-17)8-9-15(12)16(2)14-6-4-3-5-7-14/h8-11,14H,3-7H2,1-2H3. The smallest absolute Gasteiger partial charge is 0.150 e. The van der Waals surface area contributed by atoms with E-state index < -0.39 is 0 Å². The second-order valence-electron chi connectivity index (χ2n) is 5.07. The van der Waals surface area contributed by atoms with Crippen molar-refractivity contribution in [3.05, 3.63) is 29.3 Å². The molecule has 0 atom stereocenters. The summed E-state index contributed by atoms with van der Waals surface area (Å²) >= 11 is 0. The van der Waals surface area contributed by atoms with Gasteiger partial charge in [0.05, 0.1) is 0 Å². The van der Waals surface area contributed by atoms with Gasteiger partial charge in [-0.15, -0.1) is 0 Å². The summed E-state index contributed by atoms with van der Waals surface area (Å²) in [7, 11) is 2.18. The molecule has 1 fully saturated rings. The molecule has 1 aliphatic rings. The van der Waals surface area contributed by atoms with Gasteiger partial charge in [0.15, 0.2) is 0 Å². The molecular weight excluding hydrogens is 210 g/mol. The first-order chi connectivity index (χ1) is 8.22. The number of carbonyl (C=O) groups is 1. The van der Waals surface area contributed by atoms with E-state index in [9.17, 15) is 4.79 Å². The van der Waals surface area contributed by atoms with Gasteiger partial charge in [-0.05, 0) is 43.5 Å². The van der Waals surface area contributed by atoms with Crippen LogP contribution in [-0.4, -0.2) is 19.4 Å². The van der Waals surface area contributed by atoms with Crippen molar-refractivity contribution in [1.82, 2.24) is 0 Å². The summed E-state index contributed by atoms with van der Waals surface area (Å²) in [4.78, 5) is 13.1. The zero-order chi connectivity index (χ0) is 12.3. The Labute approximate surface area is 104 Å². The minimum atomic E-state index is 0.671. The minimum Gasteiger partial charge on any atom is -0.371 e. The lowest BCUT2D eigenvalue weighted by atomic mass is 9.93. The highest BCUT2D eigenvalue weighted by atomic mass is 16.1. The van der Waals surface area contributed by atoms with E-state index in [4.69, 9.17) is 0 Å². The molecule has 2 heteroatoms. The Morgan fingerprint density at radius 1 is 1.24 bits per heavy atom. The average Bonchev–Trinajstić information content (AvgIpc) is 2.39. The largest absolute Gasteiger partial charge is 0.371 e. The van der Waals surface area contributed by atoms with Gasteiger partial charge in [0.2, 0.25) is 0 Å². The van der Waals surface area contributed by atoms with Crippen LogP contribution in [0.2, 0.25) is 0 Å². The SMILES string of the molecule is Cc1cc(C=O)ccc1N(C)C1CCCCC1. The lowest BCUT2D eigenvalue weighted by Gasteiger charge is -2.34. The summed E-state index contributed by atoms with van der Waals surface area (Å²) in [6, 6.07) is 6.63. The number of aldehydes is 1. The Balaban J connectivity index is 2.17. The van der Waals surface area contributed by atoms with Gasteiger partial charge in [0.25, 0.3) is 0 Å². The fourth-order valence-electron chi connectivity index (χ4n) is 2.81. The molecule has 2 rings (SSSR count). The molecule has 0 radical (unpaired) electrons. The van der Waals surface area contributed by atoms with Gasteiger partial charge >= 0.3 is 0 Å². The van der Waals surface area contributed by atoms with Crippen LogP contribution in [0.15, 0.2) is 18.2 Å². The van der Waals surface area contributed by atoms with E-state index in [1.807, 2.05) is 12.1 Å². The van der Waals surface area contributed by atoms with E-state index in [1.54, 1.807) is 0 Å². The Bertz CT molecular complexity index is 394. The molecule has 0 heterocycles. The highest BCUT2D eigenvalue weighted by Gasteiger charge is 2.19. The van der Waals surface area contributed by atoms with Crippen molar-refractivity contribution >= 4 is 12.0 Å². The van der Waals surface area contributed by atoms with Crippen LogP contribution in [0.5, 0.6) is 0 Å². The molecule has 0 aromatic heterocycles. The monoisotopic (exact) mass is 231 g/mol. The molecule has 0 unspecified atom stereocenters. The first-order valence-corrected chi connectivity index (χ1v) is 6.51. The predicted molar refractivity (Wildman–Crippen MR) is 71.8 cm³/mol. The normalized spacial score (nSPS) is 16.8. The molecule has 1 saturated carbocycles. The van der Waals surface area contributed by atoms with E-state index in [-0.39, 0.29) is 0 Å².